The summed E-state index contributed by atoms with van der Waals surface area (Å²) in [6.45, 7) is 6.63. The fraction of sp³-hybridized carbons (Fsp3) is 0.812. The van der Waals surface area contributed by atoms with Crippen molar-refractivity contribution in [3.05, 3.63) is 16.6 Å². The second-order valence-corrected chi connectivity index (χ2v) is 6.78. The molecule has 20 heavy (non-hydrogen) atoms. The SMILES string of the molecule is CCCCCCCC(C)(CCCC)n1nc(F)cc1Br. The van der Waals surface area contributed by atoms with Gasteiger partial charge in [0.15, 0.2) is 0 Å². The largest absolute Gasteiger partial charge is 0.250 e. The number of nitrogens with zero attached hydrogens (tertiary/aromatic N) is 2. The fourth-order valence-electron chi connectivity index (χ4n) is 2.71. The third kappa shape index (κ3) is 5.19. The van der Waals surface area contributed by atoms with Crippen LogP contribution < -0.4 is 0 Å². The summed E-state index contributed by atoms with van der Waals surface area (Å²) in [5.41, 5.74) is -0.0780. The van der Waals surface area contributed by atoms with E-state index in [4.69, 9.17) is 0 Å². The molecule has 1 rings (SSSR count). The molecular formula is C16H28BrFN2. The highest BCUT2D eigenvalue weighted by Gasteiger charge is 2.28. The lowest BCUT2D eigenvalue weighted by atomic mass is 9.89. The Balaban J connectivity index is 2.68. The first-order valence-electron chi connectivity index (χ1n) is 7.95. The summed E-state index contributed by atoms with van der Waals surface area (Å²) in [6, 6.07) is 1.46. The summed E-state index contributed by atoms with van der Waals surface area (Å²) in [5, 5.41) is 4.05. The van der Waals surface area contributed by atoms with Crippen LogP contribution in [0.2, 0.25) is 0 Å². The summed E-state index contributed by atoms with van der Waals surface area (Å²) in [6.07, 6.45) is 10.8. The van der Waals surface area contributed by atoms with Gasteiger partial charge in [-0.05, 0) is 35.7 Å². The van der Waals surface area contributed by atoms with Gasteiger partial charge in [0, 0.05) is 6.07 Å². The molecular weight excluding hydrogens is 319 g/mol. The topological polar surface area (TPSA) is 17.8 Å². The molecule has 0 aromatic carbocycles. The minimum Gasteiger partial charge on any atom is -0.250 e. The van der Waals surface area contributed by atoms with Crippen LogP contribution in [-0.2, 0) is 5.54 Å². The van der Waals surface area contributed by atoms with Gasteiger partial charge in [-0.2, -0.15) is 4.39 Å². The van der Waals surface area contributed by atoms with Gasteiger partial charge in [0.2, 0.25) is 5.95 Å². The summed E-state index contributed by atoms with van der Waals surface area (Å²) in [4.78, 5) is 0. The zero-order chi connectivity index (χ0) is 15.0. The number of hydrogen-bond acceptors (Lipinski definition) is 1. The maximum absolute atomic E-state index is 13.4. The molecule has 0 radical (unpaired) electrons. The van der Waals surface area contributed by atoms with E-state index in [2.05, 4.69) is 41.8 Å². The molecule has 0 N–H and O–H groups in total. The highest BCUT2D eigenvalue weighted by atomic mass is 79.9. The van der Waals surface area contributed by atoms with E-state index in [9.17, 15) is 4.39 Å². The quantitative estimate of drug-likeness (QED) is 0.471. The second-order valence-electron chi connectivity index (χ2n) is 5.97. The molecule has 0 aliphatic heterocycles. The van der Waals surface area contributed by atoms with Gasteiger partial charge < -0.3 is 0 Å². The van der Waals surface area contributed by atoms with Crippen LogP contribution in [0.15, 0.2) is 10.7 Å². The zero-order valence-corrected chi connectivity index (χ0v) is 14.7. The molecule has 4 heteroatoms. The highest BCUT2D eigenvalue weighted by Crippen LogP contribution is 2.32. The normalized spacial score (nSPS) is 14.4. The minimum atomic E-state index is -0.398. The van der Waals surface area contributed by atoms with E-state index in [1.165, 1.54) is 38.2 Å². The standard InChI is InChI=1S/C16H28BrFN2/c1-4-6-8-9-10-12-16(3,11-7-5-2)20-14(17)13-15(18)19-20/h13H,4-12H2,1-3H3. The lowest BCUT2D eigenvalue weighted by Gasteiger charge is -2.31. The number of aromatic nitrogens is 2. The Kier molecular flexibility index (Phi) is 7.78. The summed E-state index contributed by atoms with van der Waals surface area (Å²) < 4.78 is 16.0. The summed E-state index contributed by atoms with van der Waals surface area (Å²) in [7, 11) is 0. The molecule has 0 spiro atoms. The monoisotopic (exact) mass is 346 g/mol. The fourth-order valence-corrected chi connectivity index (χ4v) is 3.41. The second kappa shape index (κ2) is 8.81. The third-order valence-corrected chi connectivity index (χ3v) is 4.60. The van der Waals surface area contributed by atoms with Crippen molar-refractivity contribution < 1.29 is 4.39 Å². The predicted octanol–water partition coefficient (Wildman–Crippen LogP) is 6.05. The maximum atomic E-state index is 13.4. The minimum absolute atomic E-state index is 0.0780. The van der Waals surface area contributed by atoms with Gasteiger partial charge in [-0.15, -0.1) is 5.10 Å². The molecule has 116 valence electrons. The van der Waals surface area contributed by atoms with Gasteiger partial charge in [-0.1, -0.05) is 58.8 Å². The van der Waals surface area contributed by atoms with Crippen LogP contribution in [-0.4, -0.2) is 9.78 Å². The molecule has 0 aliphatic carbocycles. The first-order chi connectivity index (χ1) is 9.53. The van der Waals surface area contributed by atoms with Gasteiger partial charge in [-0.25, -0.2) is 4.68 Å². The van der Waals surface area contributed by atoms with Crippen LogP contribution in [0, 0.1) is 5.95 Å². The third-order valence-electron chi connectivity index (χ3n) is 4.04. The molecule has 0 fully saturated rings. The van der Waals surface area contributed by atoms with Crippen molar-refractivity contribution >= 4 is 15.9 Å². The molecule has 2 nitrogen and oxygen atoms in total. The van der Waals surface area contributed by atoms with Gasteiger partial charge in [0.1, 0.15) is 4.60 Å². The van der Waals surface area contributed by atoms with E-state index in [1.807, 2.05) is 4.68 Å². The van der Waals surface area contributed by atoms with E-state index in [0.717, 1.165) is 30.3 Å². The lowest BCUT2D eigenvalue weighted by molar-refractivity contribution is 0.220. The van der Waals surface area contributed by atoms with Crippen molar-refractivity contribution in [3.63, 3.8) is 0 Å². The Morgan fingerprint density at radius 2 is 1.70 bits per heavy atom. The maximum Gasteiger partial charge on any atom is 0.233 e. The highest BCUT2D eigenvalue weighted by molar-refractivity contribution is 9.10. The Bertz CT molecular complexity index is 392. The predicted molar refractivity (Wildman–Crippen MR) is 86.4 cm³/mol. The average Bonchev–Trinajstić information content (AvgIpc) is 2.76. The average molecular weight is 347 g/mol. The molecule has 0 aliphatic rings. The van der Waals surface area contributed by atoms with Crippen molar-refractivity contribution in [2.24, 2.45) is 0 Å². The van der Waals surface area contributed by atoms with Gasteiger partial charge in [-0.3, -0.25) is 0 Å². The van der Waals surface area contributed by atoms with E-state index in [1.54, 1.807) is 0 Å². The molecule has 0 saturated heterocycles. The summed E-state index contributed by atoms with van der Waals surface area (Å²) in [5.74, 6) is -0.398. The first-order valence-corrected chi connectivity index (χ1v) is 8.74. The van der Waals surface area contributed by atoms with Crippen LogP contribution in [0.3, 0.4) is 0 Å². The number of unbranched alkanes of at least 4 members (excludes halogenated alkanes) is 5. The van der Waals surface area contributed by atoms with E-state index < -0.39 is 5.95 Å². The van der Waals surface area contributed by atoms with Gasteiger partial charge in [0.05, 0.1) is 5.54 Å². The molecule has 1 unspecified atom stereocenters. The molecule has 1 atom stereocenters. The van der Waals surface area contributed by atoms with Crippen molar-refractivity contribution in [1.82, 2.24) is 9.78 Å². The number of rotatable bonds is 10. The lowest BCUT2D eigenvalue weighted by Crippen LogP contribution is -2.31. The Morgan fingerprint density at radius 1 is 1.10 bits per heavy atom. The molecule has 0 amide bonds. The Morgan fingerprint density at radius 3 is 2.25 bits per heavy atom. The molecule has 1 aromatic heterocycles. The van der Waals surface area contributed by atoms with Gasteiger partial charge in [0.25, 0.3) is 0 Å². The molecule has 1 aromatic rings. The smallest absolute Gasteiger partial charge is 0.233 e. The van der Waals surface area contributed by atoms with E-state index >= 15 is 0 Å². The number of hydrogen-bond donors (Lipinski definition) is 0. The van der Waals surface area contributed by atoms with Gasteiger partial charge >= 0.3 is 0 Å². The molecule has 0 saturated carbocycles. The first kappa shape index (κ1) is 17.7. The van der Waals surface area contributed by atoms with Crippen molar-refractivity contribution in [3.8, 4) is 0 Å². The zero-order valence-electron chi connectivity index (χ0n) is 13.1. The van der Waals surface area contributed by atoms with Crippen LogP contribution in [0.4, 0.5) is 4.39 Å². The molecule has 1 heterocycles. The van der Waals surface area contributed by atoms with Crippen molar-refractivity contribution in [1.29, 1.82) is 0 Å². The van der Waals surface area contributed by atoms with E-state index in [0.29, 0.717) is 0 Å². The van der Waals surface area contributed by atoms with Crippen LogP contribution in [0.1, 0.15) is 78.6 Å². The van der Waals surface area contributed by atoms with Crippen LogP contribution in [0.25, 0.3) is 0 Å². The van der Waals surface area contributed by atoms with Crippen molar-refractivity contribution in [2.45, 2.75) is 84.1 Å². The van der Waals surface area contributed by atoms with Crippen molar-refractivity contribution in [2.75, 3.05) is 0 Å². The molecule has 0 bridgehead atoms. The Labute approximate surface area is 131 Å². The van der Waals surface area contributed by atoms with Crippen LogP contribution >= 0.6 is 15.9 Å². The number of halogens is 2. The van der Waals surface area contributed by atoms with E-state index in [-0.39, 0.29) is 5.54 Å². The van der Waals surface area contributed by atoms with Crippen LogP contribution in [0.5, 0.6) is 0 Å². The Hall–Kier alpha value is -0.380. The summed E-state index contributed by atoms with van der Waals surface area (Å²) >= 11 is 3.44.